The molecule has 114 valence electrons. The van der Waals surface area contributed by atoms with Crippen molar-refractivity contribution >= 4 is 11.3 Å². The molecule has 2 heterocycles. The quantitative estimate of drug-likeness (QED) is 0.855. The van der Waals surface area contributed by atoms with Gasteiger partial charge in [-0.25, -0.2) is 0 Å². The maximum atomic E-state index is 5.59. The van der Waals surface area contributed by atoms with Gasteiger partial charge in [-0.05, 0) is 30.8 Å². The first-order valence-electron chi connectivity index (χ1n) is 7.95. The van der Waals surface area contributed by atoms with Crippen LogP contribution in [-0.2, 0) is 6.42 Å². The summed E-state index contributed by atoms with van der Waals surface area (Å²) in [6.07, 6.45) is 7.01. The fourth-order valence-electron chi connectivity index (χ4n) is 3.17. The smallest absolute Gasteiger partial charge is 0.231 e. The van der Waals surface area contributed by atoms with Crippen LogP contribution in [0, 0.1) is 0 Å². The van der Waals surface area contributed by atoms with E-state index in [1.54, 1.807) is 11.3 Å². The van der Waals surface area contributed by atoms with Crippen LogP contribution in [0.15, 0.2) is 22.0 Å². The highest BCUT2D eigenvalue weighted by molar-refractivity contribution is 7.09. The average molecular weight is 305 g/mol. The lowest BCUT2D eigenvalue weighted by Crippen LogP contribution is -2.34. The van der Waals surface area contributed by atoms with Gasteiger partial charge in [-0.15, -0.1) is 11.3 Å². The van der Waals surface area contributed by atoms with Crippen LogP contribution in [0.1, 0.15) is 61.5 Å². The van der Waals surface area contributed by atoms with Crippen LogP contribution < -0.4 is 5.32 Å². The number of likely N-dealkylation sites (N-methyl/N-ethyl adjacent to an activating group) is 1. The van der Waals surface area contributed by atoms with Crippen LogP contribution in [-0.4, -0.2) is 22.7 Å². The Kier molecular flexibility index (Phi) is 5.04. The molecule has 21 heavy (non-hydrogen) atoms. The van der Waals surface area contributed by atoms with Gasteiger partial charge >= 0.3 is 0 Å². The van der Waals surface area contributed by atoms with Gasteiger partial charge in [0.1, 0.15) is 0 Å². The summed E-state index contributed by atoms with van der Waals surface area (Å²) in [5.41, 5.74) is 0. The van der Waals surface area contributed by atoms with E-state index in [4.69, 9.17) is 4.52 Å². The molecule has 0 bridgehead atoms. The van der Waals surface area contributed by atoms with Gasteiger partial charge in [-0.3, -0.25) is 0 Å². The number of thiophene rings is 1. The van der Waals surface area contributed by atoms with Gasteiger partial charge in [0.15, 0.2) is 5.82 Å². The van der Waals surface area contributed by atoms with Crippen LogP contribution >= 0.6 is 11.3 Å². The van der Waals surface area contributed by atoms with Gasteiger partial charge in [-0.1, -0.05) is 37.4 Å². The van der Waals surface area contributed by atoms with E-state index >= 15 is 0 Å². The van der Waals surface area contributed by atoms with Crippen molar-refractivity contribution < 1.29 is 4.52 Å². The van der Waals surface area contributed by atoms with Crippen molar-refractivity contribution in [2.75, 3.05) is 6.54 Å². The molecule has 4 nitrogen and oxygen atoms in total. The summed E-state index contributed by atoms with van der Waals surface area (Å²) in [5, 5.41) is 9.87. The zero-order chi connectivity index (χ0) is 14.5. The van der Waals surface area contributed by atoms with Crippen molar-refractivity contribution in [2.45, 2.75) is 57.4 Å². The molecule has 3 rings (SSSR count). The Morgan fingerprint density at radius 3 is 3.05 bits per heavy atom. The average Bonchev–Trinajstić information content (AvgIpc) is 3.10. The molecule has 1 aliphatic rings. The summed E-state index contributed by atoms with van der Waals surface area (Å²) >= 11 is 1.74. The Morgan fingerprint density at radius 2 is 2.24 bits per heavy atom. The number of nitrogens with one attached hydrogen (secondary N) is 1. The topological polar surface area (TPSA) is 51.0 Å². The molecule has 2 unspecified atom stereocenters. The third-order valence-corrected chi connectivity index (χ3v) is 5.07. The Labute approximate surface area is 130 Å². The number of hydrogen-bond donors (Lipinski definition) is 1. The third-order valence-electron chi connectivity index (χ3n) is 4.20. The maximum Gasteiger partial charge on any atom is 0.231 e. The van der Waals surface area contributed by atoms with E-state index in [9.17, 15) is 0 Å². The van der Waals surface area contributed by atoms with Gasteiger partial charge in [0.05, 0.1) is 5.92 Å². The largest absolute Gasteiger partial charge is 0.339 e. The standard InChI is InChI=1S/C16H23N3OS/c1-2-17-14-9-5-3-4-8-13(14)16-18-15(19-20-16)11-12-7-6-10-21-12/h6-7,10,13-14,17H,2-5,8-9,11H2,1H3. The van der Waals surface area contributed by atoms with E-state index in [0.717, 1.165) is 31.1 Å². The van der Waals surface area contributed by atoms with E-state index in [-0.39, 0.29) is 0 Å². The molecule has 0 radical (unpaired) electrons. The molecular weight excluding hydrogens is 282 g/mol. The second-order valence-corrected chi connectivity index (χ2v) is 6.75. The second kappa shape index (κ2) is 7.18. The summed E-state index contributed by atoms with van der Waals surface area (Å²) in [5.74, 6) is 2.01. The van der Waals surface area contributed by atoms with Crippen molar-refractivity contribution in [3.63, 3.8) is 0 Å². The molecule has 0 aliphatic heterocycles. The lowest BCUT2D eigenvalue weighted by molar-refractivity contribution is 0.304. The van der Waals surface area contributed by atoms with Gasteiger partial charge < -0.3 is 9.84 Å². The zero-order valence-corrected chi connectivity index (χ0v) is 13.4. The van der Waals surface area contributed by atoms with Crippen molar-refractivity contribution in [2.24, 2.45) is 0 Å². The van der Waals surface area contributed by atoms with Gasteiger partial charge in [0, 0.05) is 17.3 Å². The Bertz CT molecular complexity index is 537. The maximum absolute atomic E-state index is 5.59. The molecule has 5 heteroatoms. The predicted octanol–water partition coefficient (Wildman–Crippen LogP) is 3.75. The molecule has 1 aliphatic carbocycles. The van der Waals surface area contributed by atoms with Crippen LogP contribution in [0.3, 0.4) is 0 Å². The summed E-state index contributed by atoms with van der Waals surface area (Å²) in [4.78, 5) is 5.96. The minimum atomic E-state index is 0.372. The number of rotatable bonds is 5. The fourth-order valence-corrected chi connectivity index (χ4v) is 3.87. The molecule has 0 saturated heterocycles. The first-order chi connectivity index (χ1) is 10.4. The number of hydrogen-bond acceptors (Lipinski definition) is 5. The van der Waals surface area contributed by atoms with Crippen LogP contribution in [0.2, 0.25) is 0 Å². The molecular formula is C16H23N3OS. The second-order valence-electron chi connectivity index (χ2n) is 5.71. The SMILES string of the molecule is CCNC1CCCCCC1c1nc(Cc2cccs2)no1. The minimum absolute atomic E-state index is 0.372. The predicted molar refractivity (Wildman–Crippen MR) is 84.7 cm³/mol. The highest BCUT2D eigenvalue weighted by atomic mass is 32.1. The summed E-state index contributed by atoms with van der Waals surface area (Å²) in [6.45, 7) is 3.16. The molecule has 1 saturated carbocycles. The monoisotopic (exact) mass is 305 g/mol. The lowest BCUT2D eigenvalue weighted by atomic mass is 9.94. The Hall–Kier alpha value is -1.20. The van der Waals surface area contributed by atoms with Crippen LogP contribution in [0.25, 0.3) is 0 Å². The Morgan fingerprint density at radius 1 is 1.33 bits per heavy atom. The summed E-state index contributed by atoms with van der Waals surface area (Å²) < 4.78 is 5.59. The van der Waals surface area contributed by atoms with E-state index in [0.29, 0.717) is 12.0 Å². The van der Waals surface area contributed by atoms with Crippen molar-refractivity contribution in [3.8, 4) is 0 Å². The highest BCUT2D eigenvalue weighted by Crippen LogP contribution is 2.31. The van der Waals surface area contributed by atoms with Gasteiger partial charge in [-0.2, -0.15) is 4.98 Å². The minimum Gasteiger partial charge on any atom is -0.339 e. The van der Waals surface area contributed by atoms with E-state index in [2.05, 4.69) is 39.9 Å². The Balaban J connectivity index is 1.73. The number of nitrogens with zero attached hydrogens (tertiary/aromatic N) is 2. The number of aromatic nitrogens is 2. The molecule has 2 atom stereocenters. The summed E-state index contributed by atoms with van der Waals surface area (Å²) in [6, 6.07) is 4.66. The van der Waals surface area contributed by atoms with Crippen LogP contribution in [0.4, 0.5) is 0 Å². The van der Waals surface area contributed by atoms with Crippen molar-refractivity contribution in [1.29, 1.82) is 0 Å². The van der Waals surface area contributed by atoms with Crippen molar-refractivity contribution in [3.05, 3.63) is 34.1 Å². The van der Waals surface area contributed by atoms with E-state index in [1.165, 1.54) is 30.6 Å². The lowest BCUT2D eigenvalue weighted by Gasteiger charge is -2.22. The molecule has 1 N–H and O–H groups in total. The van der Waals surface area contributed by atoms with Crippen LogP contribution in [0.5, 0.6) is 0 Å². The molecule has 2 aromatic heterocycles. The first-order valence-corrected chi connectivity index (χ1v) is 8.83. The van der Waals surface area contributed by atoms with E-state index in [1.807, 2.05) is 0 Å². The van der Waals surface area contributed by atoms with Gasteiger partial charge in [0.2, 0.25) is 5.89 Å². The molecule has 2 aromatic rings. The normalized spacial score (nSPS) is 23.1. The molecule has 0 amide bonds. The highest BCUT2D eigenvalue weighted by Gasteiger charge is 2.29. The van der Waals surface area contributed by atoms with Gasteiger partial charge in [0.25, 0.3) is 0 Å². The zero-order valence-electron chi connectivity index (χ0n) is 12.5. The van der Waals surface area contributed by atoms with E-state index < -0.39 is 0 Å². The van der Waals surface area contributed by atoms with Crippen molar-refractivity contribution in [1.82, 2.24) is 15.5 Å². The first kappa shape index (κ1) is 14.7. The molecule has 0 spiro atoms. The third kappa shape index (κ3) is 3.71. The molecule has 0 aromatic carbocycles. The summed E-state index contributed by atoms with van der Waals surface area (Å²) in [7, 11) is 0. The molecule has 1 fully saturated rings. The fraction of sp³-hybridized carbons (Fsp3) is 0.625.